The molecule has 0 aliphatic rings. The Labute approximate surface area is 173 Å². The first-order chi connectivity index (χ1) is 13.1. The van der Waals surface area contributed by atoms with E-state index in [0.717, 1.165) is 10.9 Å². The van der Waals surface area contributed by atoms with Gasteiger partial charge in [-0.2, -0.15) is 0 Å². The number of aromatic nitrogens is 3. The second-order valence-electron chi connectivity index (χ2n) is 5.94. The van der Waals surface area contributed by atoms with Crippen LogP contribution in [0.4, 0.5) is 0 Å². The summed E-state index contributed by atoms with van der Waals surface area (Å²) >= 11 is 13.8. The lowest BCUT2D eigenvalue weighted by Gasteiger charge is -2.10. The van der Waals surface area contributed by atoms with E-state index in [2.05, 4.69) is 48.0 Å². The molecule has 0 aliphatic heterocycles. The summed E-state index contributed by atoms with van der Waals surface area (Å²) in [5.41, 5.74) is 2.49. The highest BCUT2D eigenvalue weighted by Gasteiger charge is 2.13. The standard InChI is InChI=1S/C20H19Cl2N3OS/c1-3-10-25-19(12-26-18-11-16(21)8-9-17(18)22)23-24-20(25)27-13-15-6-4-14(2)5-7-15/h3-9,11H,1,10,12-13H2,2H3. The predicted molar refractivity (Wildman–Crippen MR) is 112 cm³/mol. The Kier molecular flexibility index (Phi) is 6.83. The molecular formula is C20H19Cl2N3OS. The van der Waals surface area contributed by atoms with E-state index in [-0.39, 0.29) is 6.61 Å². The number of nitrogens with zero attached hydrogens (tertiary/aromatic N) is 3. The molecule has 7 heteroatoms. The Balaban J connectivity index is 1.71. The highest BCUT2D eigenvalue weighted by atomic mass is 35.5. The molecule has 4 nitrogen and oxygen atoms in total. The van der Waals surface area contributed by atoms with Gasteiger partial charge in [-0.15, -0.1) is 16.8 Å². The van der Waals surface area contributed by atoms with Crippen molar-refractivity contribution in [3.63, 3.8) is 0 Å². The van der Waals surface area contributed by atoms with Crippen LogP contribution in [0.5, 0.6) is 5.75 Å². The second kappa shape index (κ2) is 9.31. The largest absolute Gasteiger partial charge is 0.484 e. The molecule has 0 fully saturated rings. The van der Waals surface area contributed by atoms with Gasteiger partial charge in [0.05, 0.1) is 5.02 Å². The van der Waals surface area contributed by atoms with Gasteiger partial charge in [-0.25, -0.2) is 0 Å². The average Bonchev–Trinajstić information content (AvgIpc) is 3.04. The summed E-state index contributed by atoms with van der Waals surface area (Å²) in [5, 5.41) is 10.5. The molecule has 1 aromatic heterocycles. The first-order valence-corrected chi connectivity index (χ1v) is 10.1. The van der Waals surface area contributed by atoms with Crippen molar-refractivity contribution in [2.24, 2.45) is 0 Å². The summed E-state index contributed by atoms with van der Waals surface area (Å²) < 4.78 is 7.79. The van der Waals surface area contributed by atoms with Crippen LogP contribution >= 0.6 is 35.0 Å². The molecule has 27 heavy (non-hydrogen) atoms. The molecule has 0 saturated carbocycles. The van der Waals surface area contributed by atoms with E-state index < -0.39 is 0 Å². The molecule has 0 spiro atoms. The quantitative estimate of drug-likeness (QED) is 0.334. The summed E-state index contributed by atoms with van der Waals surface area (Å²) in [6.07, 6.45) is 1.81. The van der Waals surface area contributed by atoms with Gasteiger partial charge in [0.2, 0.25) is 0 Å². The van der Waals surface area contributed by atoms with Crippen LogP contribution in [-0.2, 0) is 18.9 Å². The zero-order valence-corrected chi connectivity index (χ0v) is 17.2. The highest BCUT2D eigenvalue weighted by molar-refractivity contribution is 7.98. The van der Waals surface area contributed by atoms with E-state index in [4.69, 9.17) is 27.9 Å². The van der Waals surface area contributed by atoms with Crippen LogP contribution in [0.15, 0.2) is 60.3 Å². The number of halogens is 2. The fourth-order valence-electron chi connectivity index (χ4n) is 2.41. The summed E-state index contributed by atoms with van der Waals surface area (Å²) in [6, 6.07) is 13.6. The van der Waals surface area contributed by atoms with Gasteiger partial charge in [0.1, 0.15) is 12.4 Å². The van der Waals surface area contributed by atoms with Gasteiger partial charge < -0.3 is 4.74 Å². The Bertz CT molecular complexity index is 925. The van der Waals surface area contributed by atoms with Crippen molar-refractivity contribution >= 4 is 35.0 Å². The zero-order valence-electron chi connectivity index (χ0n) is 14.9. The first kappa shape index (κ1) is 19.8. The van der Waals surface area contributed by atoms with Crippen molar-refractivity contribution in [3.05, 3.63) is 82.1 Å². The Morgan fingerprint density at radius 1 is 1.15 bits per heavy atom. The minimum Gasteiger partial charge on any atom is -0.484 e. The number of rotatable bonds is 8. The Morgan fingerprint density at radius 3 is 2.67 bits per heavy atom. The van der Waals surface area contributed by atoms with Crippen LogP contribution in [0, 0.1) is 6.92 Å². The van der Waals surface area contributed by atoms with Gasteiger partial charge in [-0.05, 0) is 24.6 Å². The van der Waals surface area contributed by atoms with E-state index in [0.29, 0.717) is 28.2 Å². The average molecular weight is 420 g/mol. The number of hydrogen-bond acceptors (Lipinski definition) is 4. The molecule has 2 aromatic carbocycles. The molecule has 140 valence electrons. The minimum absolute atomic E-state index is 0.242. The fourth-order valence-corrected chi connectivity index (χ4v) is 3.66. The van der Waals surface area contributed by atoms with Gasteiger partial charge in [0.15, 0.2) is 11.0 Å². The molecule has 0 N–H and O–H groups in total. The smallest absolute Gasteiger partial charge is 0.191 e. The molecule has 0 unspecified atom stereocenters. The summed E-state index contributed by atoms with van der Waals surface area (Å²) in [5.74, 6) is 2.04. The van der Waals surface area contributed by atoms with Crippen molar-refractivity contribution in [3.8, 4) is 5.75 Å². The maximum Gasteiger partial charge on any atom is 0.191 e. The van der Waals surface area contributed by atoms with Crippen molar-refractivity contribution in [1.29, 1.82) is 0 Å². The third kappa shape index (κ3) is 5.28. The van der Waals surface area contributed by atoms with Crippen LogP contribution < -0.4 is 4.74 Å². The Morgan fingerprint density at radius 2 is 1.93 bits per heavy atom. The van der Waals surface area contributed by atoms with Crippen LogP contribution in [0.25, 0.3) is 0 Å². The minimum atomic E-state index is 0.242. The molecule has 0 bridgehead atoms. The molecule has 0 amide bonds. The molecule has 0 atom stereocenters. The van der Waals surface area contributed by atoms with Crippen LogP contribution in [0.1, 0.15) is 17.0 Å². The number of benzene rings is 2. The molecule has 3 rings (SSSR count). The van der Waals surface area contributed by atoms with E-state index in [1.165, 1.54) is 11.1 Å². The maximum atomic E-state index is 6.15. The lowest BCUT2D eigenvalue weighted by Crippen LogP contribution is -2.07. The highest BCUT2D eigenvalue weighted by Crippen LogP contribution is 2.29. The van der Waals surface area contributed by atoms with E-state index in [1.54, 1.807) is 30.0 Å². The molecule has 3 aromatic rings. The summed E-state index contributed by atoms with van der Waals surface area (Å²) in [7, 11) is 0. The number of aryl methyl sites for hydroxylation is 1. The lowest BCUT2D eigenvalue weighted by molar-refractivity contribution is 0.289. The SMILES string of the molecule is C=CCn1c(COc2cc(Cl)ccc2Cl)nnc1SCc1ccc(C)cc1. The van der Waals surface area contributed by atoms with Crippen LogP contribution in [0.2, 0.25) is 10.0 Å². The van der Waals surface area contributed by atoms with E-state index >= 15 is 0 Å². The monoisotopic (exact) mass is 419 g/mol. The summed E-state index contributed by atoms with van der Waals surface area (Å²) in [4.78, 5) is 0. The zero-order chi connectivity index (χ0) is 19.2. The van der Waals surface area contributed by atoms with Crippen molar-refractivity contribution in [2.75, 3.05) is 0 Å². The van der Waals surface area contributed by atoms with Gasteiger partial charge in [0.25, 0.3) is 0 Å². The third-order valence-corrected chi connectivity index (χ3v) is 5.43. The molecule has 0 aliphatic carbocycles. The number of ether oxygens (including phenoxy) is 1. The predicted octanol–water partition coefficient (Wildman–Crippen LogP) is 5.95. The van der Waals surface area contributed by atoms with Crippen molar-refractivity contribution in [2.45, 2.75) is 31.0 Å². The first-order valence-electron chi connectivity index (χ1n) is 8.36. The number of hydrogen-bond donors (Lipinski definition) is 0. The van der Waals surface area contributed by atoms with E-state index in [9.17, 15) is 0 Å². The van der Waals surface area contributed by atoms with Gasteiger partial charge in [-0.1, -0.05) is 70.9 Å². The van der Waals surface area contributed by atoms with Crippen LogP contribution in [-0.4, -0.2) is 14.8 Å². The molecule has 0 saturated heterocycles. The van der Waals surface area contributed by atoms with Crippen LogP contribution in [0.3, 0.4) is 0 Å². The van der Waals surface area contributed by atoms with Crippen molar-refractivity contribution in [1.82, 2.24) is 14.8 Å². The summed E-state index contributed by atoms with van der Waals surface area (Å²) in [6.45, 7) is 6.75. The lowest BCUT2D eigenvalue weighted by atomic mass is 10.2. The second-order valence-corrected chi connectivity index (χ2v) is 7.72. The van der Waals surface area contributed by atoms with Crippen molar-refractivity contribution < 1.29 is 4.74 Å². The van der Waals surface area contributed by atoms with Gasteiger partial charge in [0, 0.05) is 23.4 Å². The Hall–Kier alpha value is -1.95. The molecule has 1 heterocycles. The van der Waals surface area contributed by atoms with Gasteiger partial charge >= 0.3 is 0 Å². The molecular weight excluding hydrogens is 401 g/mol. The third-order valence-electron chi connectivity index (χ3n) is 3.84. The fraction of sp³-hybridized carbons (Fsp3) is 0.200. The maximum absolute atomic E-state index is 6.15. The van der Waals surface area contributed by atoms with Gasteiger partial charge in [-0.3, -0.25) is 4.57 Å². The number of allylic oxidation sites excluding steroid dienone is 1. The normalized spacial score (nSPS) is 10.8. The topological polar surface area (TPSA) is 39.9 Å². The molecule has 0 radical (unpaired) electrons. The number of thioether (sulfide) groups is 1. The van der Waals surface area contributed by atoms with E-state index in [1.807, 2.05) is 10.6 Å².